The number of benzene rings is 1. The Morgan fingerprint density at radius 3 is 2.62 bits per heavy atom. The highest BCUT2D eigenvalue weighted by Gasteiger charge is 2.09. The van der Waals surface area contributed by atoms with E-state index in [1.165, 1.54) is 10.9 Å². The van der Waals surface area contributed by atoms with Gasteiger partial charge in [-0.15, -0.1) is 0 Å². The van der Waals surface area contributed by atoms with Crippen LogP contribution < -0.4 is 16.8 Å². The molecular weight excluding hydrogens is 270 g/mol. The predicted molar refractivity (Wildman–Crippen MR) is 78.1 cm³/mol. The van der Waals surface area contributed by atoms with E-state index in [1.54, 1.807) is 6.20 Å². The number of nitrogens with zero attached hydrogens (tertiary/aromatic N) is 2. The molecule has 0 unspecified atom stereocenters. The lowest BCUT2D eigenvalue weighted by molar-refractivity contribution is -0.118. The standard InChI is InChI=1S/C14H17N5O2/c15-6-11-4-2-1-3-10(11)5-14(21)18-12-7-17-19(8-12)9-13(16)20/h1-4,7-8H,5-6,9,15H2,(H2,16,20)(H,18,21). The van der Waals surface area contributed by atoms with Gasteiger partial charge in [0.05, 0.1) is 18.3 Å². The first kappa shape index (κ1) is 14.7. The van der Waals surface area contributed by atoms with E-state index in [1.807, 2.05) is 24.3 Å². The van der Waals surface area contributed by atoms with Crippen LogP contribution >= 0.6 is 0 Å². The molecule has 1 aromatic heterocycles. The maximum Gasteiger partial charge on any atom is 0.239 e. The first-order chi connectivity index (χ1) is 10.1. The van der Waals surface area contributed by atoms with Crippen molar-refractivity contribution in [1.29, 1.82) is 0 Å². The molecule has 0 aliphatic heterocycles. The molecule has 21 heavy (non-hydrogen) atoms. The second-order valence-corrected chi connectivity index (χ2v) is 4.59. The zero-order valence-electron chi connectivity index (χ0n) is 11.5. The van der Waals surface area contributed by atoms with E-state index in [0.29, 0.717) is 12.2 Å². The van der Waals surface area contributed by atoms with Gasteiger partial charge in [-0.2, -0.15) is 5.10 Å². The molecule has 0 saturated heterocycles. The van der Waals surface area contributed by atoms with Gasteiger partial charge >= 0.3 is 0 Å². The summed E-state index contributed by atoms with van der Waals surface area (Å²) in [6, 6.07) is 7.52. The van der Waals surface area contributed by atoms with Gasteiger partial charge in [-0.25, -0.2) is 0 Å². The van der Waals surface area contributed by atoms with Gasteiger partial charge in [0, 0.05) is 12.7 Å². The SMILES string of the molecule is NCc1ccccc1CC(=O)Nc1cnn(CC(N)=O)c1. The summed E-state index contributed by atoms with van der Waals surface area (Å²) in [4.78, 5) is 22.8. The lowest BCUT2D eigenvalue weighted by atomic mass is 10.0. The van der Waals surface area contributed by atoms with Crippen molar-refractivity contribution >= 4 is 17.5 Å². The summed E-state index contributed by atoms with van der Waals surface area (Å²) in [5, 5.41) is 6.65. The molecule has 7 nitrogen and oxygen atoms in total. The van der Waals surface area contributed by atoms with Crippen molar-refractivity contribution in [3.8, 4) is 0 Å². The Balaban J connectivity index is 1.98. The van der Waals surface area contributed by atoms with Gasteiger partial charge in [0.25, 0.3) is 0 Å². The van der Waals surface area contributed by atoms with Crippen molar-refractivity contribution in [3.05, 3.63) is 47.8 Å². The number of primary amides is 1. The lowest BCUT2D eigenvalue weighted by Crippen LogP contribution is -2.19. The zero-order chi connectivity index (χ0) is 15.2. The van der Waals surface area contributed by atoms with Crippen molar-refractivity contribution < 1.29 is 9.59 Å². The molecule has 0 spiro atoms. The van der Waals surface area contributed by atoms with E-state index in [9.17, 15) is 9.59 Å². The van der Waals surface area contributed by atoms with Crippen LogP contribution in [0.3, 0.4) is 0 Å². The smallest absolute Gasteiger partial charge is 0.239 e. The molecule has 1 aromatic carbocycles. The Hall–Kier alpha value is -2.67. The average Bonchev–Trinajstić information content (AvgIpc) is 2.85. The Morgan fingerprint density at radius 2 is 1.95 bits per heavy atom. The highest BCUT2D eigenvalue weighted by molar-refractivity contribution is 5.92. The maximum absolute atomic E-state index is 12.0. The number of carbonyl (C=O) groups is 2. The highest BCUT2D eigenvalue weighted by Crippen LogP contribution is 2.11. The fourth-order valence-corrected chi connectivity index (χ4v) is 1.98. The van der Waals surface area contributed by atoms with Crippen molar-refractivity contribution in [2.75, 3.05) is 5.32 Å². The molecule has 0 bridgehead atoms. The van der Waals surface area contributed by atoms with Crippen LogP contribution in [0.2, 0.25) is 0 Å². The molecule has 2 amide bonds. The predicted octanol–water partition coefficient (Wildman–Crippen LogP) is 0.00830. The number of carbonyl (C=O) groups excluding carboxylic acids is 2. The normalized spacial score (nSPS) is 10.3. The van der Waals surface area contributed by atoms with Crippen LogP contribution in [0, 0.1) is 0 Å². The second kappa shape index (κ2) is 6.67. The molecule has 0 atom stereocenters. The minimum Gasteiger partial charge on any atom is -0.368 e. The quantitative estimate of drug-likeness (QED) is 0.693. The third-order valence-electron chi connectivity index (χ3n) is 2.92. The minimum absolute atomic E-state index is 0.0219. The van der Waals surface area contributed by atoms with Gasteiger partial charge in [0.15, 0.2) is 0 Å². The number of aromatic nitrogens is 2. The second-order valence-electron chi connectivity index (χ2n) is 4.59. The number of amides is 2. The van der Waals surface area contributed by atoms with Crippen molar-refractivity contribution in [3.63, 3.8) is 0 Å². The summed E-state index contributed by atoms with van der Waals surface area (Å²) < 4.78 is 1.37. The largest absolute Gasteiger partial charge is 0.368 e. The van der Waals surface area contributed by atoms with Crippen LogP contribution in [0.15, 0.2) is 36.7 Å². The van der Waals surface area contributed by atoms with Crippen LogP contribution in [0.25, 0.3) is 0 Å². The van der Waals surface area contributed by atoms with Gasteiger partial charge in [-0.3, -0.25) is 14.3 Å². The van der Waals surface area contributed by atoms with Gasteiger partial charge in [0.1, 0.15) is 6.54 Å². The van der Waals surface area contributed by atoms with Crippen LogP contribution in [-0.4, -0.2) is 21.6 Å². The summed E-state index contributed by atoms with van der Waals surface area (Å²) >= 11 is 0. The minimum atomic E-state index is -0.493. The van der Waals surface area contributed by atoms with Gasteiger partial charge in [-0.05, 0) is 11.1 Å². The van der Waals surface area contributed by atoms with Gasteiger partial charge in [0.2, 0.25) is 11.8 Å². The highest BCUT2D eigenvalue weighted by atomic mass is 16.2. The number of nitrogens with one attached hydrogen (secondary N) is 1. The summed E-state index contributed by atoms with van der Waals surface area (Å²) in [7, 11) is 0. The Labute approximate surface area is 121 Å². The van der Waals surface area contributed by atoms with E-state index >= 15 is 0 Å². The van der Waals surface area contributed by atoms with E-state index < -0.39 is 5.91 Å². The summed E-state index contributed by atoms with van der Waals surface area (Å²) in [5.74, 6) is -0.664. The molecule has 2 rings (SSSR count). The van der Waals surface area contributed by atoms with E-state index in [-0.39, 0.29) is 18.9 Å². The number of hydrogen-bond acceptors (Lipinski definition) is 4. The van der Waals surface area contributed by atoms with Crippen LogP contribution in [0.1, 0.15) is 11.1 Å². The van der Waals surface area contributed by atoms with Gasteiger partial charge < -0.3 is 16.8 Å². The Morgan fingerprint density at radius 1 is 1.24 bits per heavy atom. The topological polar surface area (TPSA) is 116 Å². The molecular formula is C14H17N5O2. The monoisotopic (exact) mass is 287 g/mol. The molecule has 0 aliphatic carbocycles. The fraction of sp³-hybridized carbons (Fsp3) is 0.214. The number of nitrogens with two attached hydrogens (primary N) is 2. The molecule has 0 saturated carbocycles. The number of anilines is 1. The Bertz CT molecular complexity index is 650. The summed E-state index contributed by atoms with van der Waals surface area (Å²) in [6.45, 7) is 0.367. The molecule has 0 fully saturated rings. The maximum atomic E-state index is 12.0. The zero-order valence-corrected chi connectivity index (χ0v) is 11.5. The molecule has 0 radical (unpaired) electrons. The molecule has 110 valence electrons. The average molecular weight is 287 g/mol. The van der Waals surface area contributed by atoms with Crippen molar-refractivity contribution in [2.24, 2.45) is 11.5 Å². The van der Waals surface area contributed by atoms with Crippen molar-refractivity contribution in [1.82, 2.24) is 9.78 Å². The number of hydrogen-bond donors (Lipinski definition) is 3. The van der Waals surface area contributed by atoms with Crippen LogP contribution in [-0.2, 0) is 29.1 Å². The number of rotatable bonds is 6. The van der Waals surface area contributed by atoms with E-state index in [2.05, 4.69) is 10.4 Å². The molecule has 2 aromatic rings. The van der Waals surface area contributed by atoms with Crippen LogP contribution in [0.5, 0.6) is 0 Å². The molecule has 1 heterocycles. The summed E-state index contributed by atoms with van der Waals surface area (Å²) in [5.41, 5.74) is 13.1. The fourth-order valence-electron chi connectivity index (χ4n) is 1.98. The van der Waals surface area contributed by atoms with E-state index in [4.69, 9.17) is 11.5 Å². The molecule has 7 heteroatoms. The molecule has 0 aliphatic rings. The van der Waals surface area contributed by atoms with E-state index in [0.717, 1.165) is 11.1 Å². The molecule has 5 N–H and O–H groups in total. The Kier molecular flexibility index (Phi) is 4.68. The first-order valence-electron chi connectivity index (χ1n) is 6.46. The van der Waals surface area contributed by atoms with Gasteiger partial charge in [-0.1, -0.05) is 24.3 Å². The lowest BCUT2D eigenvalue weighted by Gasteiger charge is -2.07. The summed E-state index contributed by atoms with van der Waals surface area (Å²) in [6.07, 6.45) is 3.25. The first-order valence-corrected chi connectivity index (χ1v) is 6.46. The third-order valence-corrected chi connectivity index (χ3v) is 2.92. The van der Waals surface area contributed by atoms with Crippen molar-refractivity contribution in [2.45, 2.75) is 19.5 Å². The van der Waals surface area contributed by atoms with Crippen LogP contribution in [0.4, 0.5) is 5.69 Å². The third kappa shape index (κ3) is 4.15.